The Hall–Kier alpha value is -0.650. The first-order valence-corrected chi connectivity index (χ1v) is 12.1. The van der Waals surface area contributed by atoms with Crippen molar-refractivity contribution in [2.45, 2.75) is 13.8 Å². The summed E-state index contributed by atoms with van der Waals surface area (Å²) in [6.45, 7) is 11.3. The average molecular weight is 337 g/mol. The molecule has 0 saturated carbocycles. The third-order valence-electron chi connectivity index (χ3n) is 3.44. The average Bonchev–Trinajstić information content (AvgIpc) is 2.30. The van der Waals surface area contributed by atoms with Crippen molar-refractivity contribution in [2.24, 2.45) is 0 Å². The fraction of sp³-hybridized carbons (Fsp3) is 0.294. The van der Waals surface area contributed by atoms with Crippen molar-refractivity contribution in [3.63, 3.8) is 0 Å². The summed E-state index contributed by atoms with van der Waals surface area (Å²) in [5.74, 6) is 0. The molecule has 0 unspecified atom stereocenters. The Labute approximate surface area is 124 Å². The molecule has 0 saturated heterocycles. The number of halogens is 1. The topological polar surface area (TPSA) is 0 Å². The van der Waals surface area contributed by atoms with Gasteiger partial charge in [-0.15, -0.1) is 0 Å². The zero-order chi connectivity index (χ0) is 14.3. The van der Waals surface area contributed by atoms with E-state index in [1.54, 1.807) is 0 Å². The molecule has 102 valence electrons. The minimum absolute atomic E-state index is 1.30. The summed E-state index contributed by atoms with van der Waals surface area (Å²) in [5, 5.41) is -0.418. The van der Waals surface area contributed by atoms with E-state index in [9.17, 15) is 0 Å². The zero-order valence-electron chi connectivity index (χ0n) is 12.4. The Bertz CT molecular complexity index is 594. The molecule has 0 N–H and O–H groups in total. The molecule has 2 aromatic carbocycles. The van der Waals surface area contributed by atoms with Crippen molar-refractivity contribution in [2.75, 3.05) is 20.0 Å². The molecule has 0 nitrogen and oxygen atoms in total. The van der Waals surface area contributed by atoms with Crippen molar-refractivity contribution >= 4 is 26.1 Å². The molecular formula is C17H22BrP. The second-order valence-electron chi connectivity index (χ2n) is 6.47. The third kappa shape index (κ3) is 3.46. The van der Waals surface area contributed by atoms with Gasteiger partial charge < -0.3 is 0 Å². The van der Waals surface area contributed by atoms with Gasteiger partial charge in [-0.1, -0.05) is 0 Å². The summed E-state index contributed by atoms with van der Waals surface area (Å²) in [5.41, 5.74) is 5.29. The molecule has 19 heavy (non-hydrogen) atoms. The maximum absolute atomic E-state index is 3.93. The van der Waals surface area contributed by atoms with E-state index in [2.05, 4.69) is 91.8 Å². The van der Waals surface area contributed by atoms with Crippen LogP contribution >= 0.6 is 20.8 Å². The summed E-state index contributed by atoms with van der Waals surface area (Å²) < 4.78 is 0. The van der Waals surface area contributed by atoms with Crippen LogP contribution in [-0.2, 0) is 0 Å². The van der Waals surface area contributed by atoms with Crippen LogP contribution < -0.4 is 5.30 Å². The summed E-state index contributed by atoms with van der Waals surface area (Å²) in [6.07, 6.45) is 0. The van der Waals surface area contributed by atoms with Crippen molar-refractivity contribution in [3.8, 4) is 11.1 Å². The molecule has 0 heterocycles. The van der Waals surface area contributed by atoms with Gasteiger partial charge in [0.05, 0.1) is 0 Å². The van der Waals surface area contributed by atoms with Crippen LogP contribution in [0.25, 0.3) is 11.1 Å². The Morgan fingerprint density at radius 2 is 1.42 bits per heavy atom. The van der Waals surface area contributed by atoms with E-state index in [0.29, 0.717) is 0 Å². The Kier molecular flexibility index (Phi) is 3.66. The van der Waals surface area contributed by atoms with Crippen LogP contribution in [0.15, 0.2) is 42.5 Å². The minimum atomic E-state index is -1.83. The molecule has 0 bridgehead atoms. The normalized spacial score (nSPS) is 13.9. The molecule has 0 spiro atoms. The van der Waals surface area contributed by atoms with Gasteiger partial charge in [-0.2, -0.15) is 0 Å². The molecule has 0 aliphatic rings. The van der Waals surface area contributed by atoms with Gasteiger partial charge in [0.2, 0.25) is 0 Å². The first-order valence-electron chi connectivity index (χ1n) is 6.54. The van der Waals surface area contributed by atoms with Gasteiger partial charge in [0.1, 0.15) is 0 Å². The van der Waals surface area contributed by atoms with Gasteiger partial charge in [-0.05, 0) is 0 Å². The first kappa shape index (κ1) is 14.8. The number of aryl methyl sites for hydroxylation is 2. The van der Waals surface area contributed by atoms with Gasteiger partial charge in [-0.25, -0.2) is 0 Å². The zero-order valence-corrected chi connectivity index (χ0v) is 14.8. The summed E-state index contributed by atoms with van der Waals surface area (Å²) in [4.78, 5) is 0. The molecule has 0 atom stereocenters. The van der Waals surface area contributed by atoms with Crippen molar-refractivity contribution in [1.29, 1.82) is 0 Å². The predicted molar refractivity (Wildman–Crippen MR) is 94.6 cm³/mol. The molecule has 2 rings (SSSR count). The standard InChI is InChI=1S/C17H22BrP/c1-13-6-7-14(2)17(12-13)15-8-10-16(11-9-15)19(3,4,5)18/h6-12H,1-5H3. The molecule has 0 aromatic heterocycles. The van der Waals surface area contributed by atoms with E-state index in [1.807, 2.05) is 0 Å². The van der Waals surface area contributed by atoms with E-state index >= 15 is 0 Å². The van der Waals surface area contributed by atoms with E-state index in [1.165, 1.54) is 27.6 Å². The molecular weight excluding hydrogens is 315 g/mol. The maximum atomic E-state index is 3.93. The number of hydrogen-bond acceptors (Lipinski definition) is 0. The fourth-order valence-corrected chi connectivity index (χ4v) is 4.06. The van der Waals surface area contributed by atoms with Crippen LogP contribution in [0.3, 0.4) is 0 Å². The van der Waals surface area contributed by atoms with Gasteiger partial charge in [0.25, 0.3) is 0 Å². The third-order valence-corrected chi connectivity index (χ3v) is 6.71. The molecule has 0 aliphatic carbocycles. The van der Waals surface area contributed by atoms with Crippen LogP contribution in [0.4, 0.5) is 0 Å². The molecule has 0 aliphatic heterocycles. The molecule has 0 radical (unpaired) electrons. The van der Waals surface area contributed by atoms with E-state index in [-0.39, 0.29) is 0 Å². The van der Waals surface area contributed by atoms with Crippen LogP contribution in [0.5, 0.6) is 0 Å². The van der Waals surface area contributed by atoms with Gasteiger partial charge in [0, 0.05) is 0 Å². The van der Waals surface area contributed by atoms with Crippen molar-refractivity contribution in [1.82, 2.24) is 0 Å². The second kappa shape index (κ2) is 4.72. The fourth-order valence-electron chi connectivity index (χ4n) is 2.19. The number of rotatable bonds is 2. The van der Waals surface area contributed by atoms with Crippen LogP contribution in [-0.4, -0.2) is 20.0 Å². The Balaban J connectivity index is 2.47. The van der Waals surface area contributed by atoms with Crippen LogP contribution in [0.1, 0.15) is 11.1 Å². The molecule has 0 amide bonds. The molecule has 2 aromatic rings. The van der Waals surface area contributed by atoms with E-state index in [4.69, 9.17) is 0 Å². The Morgan fingerprint density at radius 1 is 0.842 bits per heavy atom. The molecule has 0 fully saturated rings. The summed E-state index contributed by atoms with van der Waals surface area (Å²) >= 11 is 3.93. The monoisotopic (exact) mass is 336 g/mol. The second-order valence-corrected chi connectivity index (χ2v) is 19.6. The first-order chi connectivity index (χ1) is 8.63. The van der Waals surface area contributed by atoms with Gasteiger partial charge in [-0.3, -0.25) is 0 Å². The Morgan fingerprint density at radius 3 is 1.95 bits per heavy atom. The number of benzene rings is 2. The van der Waals surface area contributed by atoms with Gasteiger partial charge >= 0.3 is 125 Å². The number of hydrogen-bond donors (Lipinski definition) is 0. The van der Waals surface area contributed by atoms with Gasteiger partial charge in [0.15, 0.2) is 0 Å². The van der Waals surface area contributed by atoms with Crippen molar-refractivity contribution < 1.29 is 0 Å². The van der Waals surface area contributed by atoms with Crippen molar-refractivity contribution in [3.05, 3.63) is 53.6 Å². The quantitative estimate of drug-likeness (QED) is 0.648. The summed E-state index contributed by atoms with van der Waals surface area (Å²) in [7, 11) is 0. The van der Waals surface area contributed by atoms with Crippen LogP contribution in [0, 0.1) is 13.8 Å². The van der Waals surface area contributed by atoms with Crippen LogP contribution in [0.2, 0.25) is 0 Å². The predicted octanol–water partition coefficient (Wildman–Crippen LogP) is 5.35. The van der Waals surface area contributed by atoms with E-state index in [0.717, 1.165) is 0 Å². The van der Waals surface area contributed by atoms with E-state index < -0.39 is 5.31 Å². The summed E-state index contributed by atoms with van der Waals surface area (Å²) in [6, 6.07) is 15.7. The molecule has 2 heteroatoms. The SMILES string of the molecule is Cc1ccc(C)c(-c2ccc(P(C)(C)(C)Br)cc2)c1.